The van der Waals surface area contributed by atoms with Crippen LogP contribution in [0.5, 0.6) is 5.75 Å². The van der Waals surface area contributed by atoms with E-state index in [0.717, 1.165) is 11.4 Å². The lowest BCUT2D eigenvalue weighted by Gasteiger charge is -2.21. The highest BCUT2D eigenvalue weighted by molar-refractivity contribution is 5.89. The summed E-state index contributed by atoms with van der Waals surface area (Å²) in [7, 11) is 1.67. The van der Waals surface area contributed by atoms with Gasteiger partial charge in [-0.05, 0) is 23.5 Å². The molecule has 0 spiro atoms. The molecule has 1 aromatic carbocycles. The average molecular weight is 251 g/mol. The summed E-state index contributed by atoms with van der Waals surface area (Å²) in [5.74, 6) is 1.57. The highest BCUT2D eigenvalue weighted by Gasteiger charge is 2.17. The molecule has 0 unspecified atom stereocenters. The Morgan fingerprint density at radius 2 is 1.83 bits per heavy atom. The van der Waals surface area contributed by atoms with E-state index in [1.807, 2.05) is 12.1 Å². The second kappa shape index (κ2) is 5.89. The minimum absolute atomic E-state index is 0. The van der Waals surface area contributed by atoms with Crippen LogP contribution in [0.15, 0.2) is 12.1 Å². The molecule has 1 amide bonds. The molecule has 1 N–H and O–H groups in total. The lowest BCUT2D eigenvalue weighted by Crippen LogP contribution is -2.09. The Balaban J connectivity index is 0.00000324. The van der Waals surface area contributed by atoms with Crippen molar-refractivity contribution < 1.29 is 11.0 Å². The van der Waals surface area contributed by atoms with Gasteiger partial charge >= 0.3 is 0 Å². The van der Waals surface area contributed by atoms with Crippen molar-refractivity contribution in [3.8, 4) is 5.75 Å². The third-order valence-electron chi connectivity index (χ3n) is 2.91. The van der Waals surface area contributed by atoms with E-state index >= 15 is 0 Å². The number of methoxy groups -OCH3 is 1. The smallest absolute Gasteiger partial charge is 0.221 e. The van der Waals surface area contributed by atoms with E-state index in [4.69, 9.17) is 4.74 Å². The lowest BCUT2D eigenvalue weighted by atomic mass is 9.89. The number of amides is 1. The van der Waals surface area contributed by atoms with Crippen molar-refractivity contribution in [1.82, 2.24) is 0 Å². The summed E-state index contributed by atoms with van der Waals surface area (Å²) >= 11 is 0. The van der Waals surface area contributed by atoms with Crippen LogP contribution in [0, 0.1) is 0 Å². The molecule has 0 bridgehead atoms. The number of ether oxygens (including phenoxy) is 1. The largest absolute Gasteiger partial charge is 0.496 e. The Morgan fingerprint density at radius 1 is 1.22 bits per heavy atom. The van der Waals surface area contributed by atoms with Gasteiger partial charge in [0.15, 0.2) is 0 Å². The van der Waals surface area contributed by atoms with Gasteiger partial charge in [-0.25, -0.2) is 0 Å². The molecule has 0 aromatic heterocycles. The van der Waals surface area contributed by atoms with Crippen LogP contribution in [0.3, 0.4) is 0 Å². The molecular formula is C15H25NO2. The molecule has 3 heteroatoms. The third-order valence-corrected chi connectivity index (χ3v) is 2.91. The molecule has 102 valence electrons. The summed E-state index contributed by atoms with van der Waals surface area (Å²) < 4.78 is 5.47. The van der Waals surface area contributed by atoms with Gasteiger partial charge in [0, 0.05) is 25.7 Å². The van der Waals surface area contributed by atoms with Crippen LogP contribution >= 0.6 is 0 Å². The summed E-state index contributed by atoms with van der Waals surface area (Å²) in [5.41, 5.74) is 3.25. The quantitative estimate of drug-likeness (QED) is 0.873. The summed E-state index contributed by atoms with van der Waals surface area (Å²) in [6.07, 6.45) is 0. The van der Waals surface area contributed by atoms with Crippen LogP contribution in [0.4, 0.5) is 5.69 Å². The van der Waals surface area contributed by atoms with Crippen molar-refractivity contribution in [3.63, 3.8) is 0 Å². The Kier molecular flexibility index (Phi) is 4.76. The molecule has 0 aliphatic carbocycles. The molecular weight excluding hydrogens is 226 g/mol. The van der Waals surface area contributed by atoms with Crippen molar-refractivity contribution >= 4 is 11.6 Å². The monoisotopic (exact) mass is 251 g/mol. The highest BCUT2D eigenvalue weighted by Crippen LogP contribution is 2.36. The van der Waals surface area contributed by atoms with Gasteiger partial charge in [-0.3, -0.25) is 4.79 Å². The molecule has 0 atom stereocenters. The predicted octanol–water partition coefficient (Wildman–Crippen LogP) is 4.15. The molecule has 0 heterocycles. The number of rotatable bonds is 4. The van der Waals surface area contributed by atoms with E-state index < -0.39 is 0 Å². The summed E-state index contributed by atoms with van der Waals surface area (Å²) in [5, 5.41) is 2.82. The molecule has 0 radical (unpaired) electrons. The standard InChI is InChI=1S/C15H23NO2.H2/c1-9(2)13-7-12(16-11(5)17)8-14(18-6)15(13)10(3)4;/h7-10H,1-6H3,(H,16,17);1H. The molecule has 0 saturated carbocycles. The third kappa shape index (κ3) is 3.25. The summed E-state index contributed by atoms with van der Waals surface area (Å²) in [4.78, 5) is 11.2. The second-order valence-corrected chi connectivity index (χ2v) is 5.17. The van der Waals surface area contributed by atoms with E-state index in [-0.39, 0.29) is 7.33 Å². The number of hydrogen-bond donors (Lipinski definition) is 1. The fourth-order valence-electron chi connectivity index (χ4n) is 2.19. The van der Waals surface area contributed by atoms with E-state index in [2.05, 4.69) is 33.0 Å². The summed E-state index contributed by atoms with van der Waals surface area (Å²) in [6, 6.07) is 3.94. The van der Waals surface area contributed by atoms with Gasteiger partial charge in [0.1, 0.15) is 5.75 Å². The van der Waals surface area contributed by atoms with Crippen LogP contribution in [0.1, 0.15) is 59.0 Å². The first kappa shape index (κ1) is 14.6. The zero-order valence-corrected chi connectivity index (χ0v) is 12.1. The van der Waals surface area contributed by atoms with E-state index in [1.165, 1.54) is 18.1 Å². The maximum Gasteiger partial charge on any atom is 0.221 e. The van der Waals surface area contributed by atoms with Gasteiger partial charge in [-0.15, -0.1) is 0 Å². The topological polar surface area (TPSA) is 38.3 Å². The van der Waals surface area contributed by atoms with Gasteiger partial charge in [0.2, 0.25) is 5.91 Å². The Hall–Kier alpha value is -1.51. The minimum atomic E-state index is -0.0657. The Morgan fingerprint density at radius 3 is 2.22 bits per heavy atom. The van der Waals surface area contributed by atoms with Crippen LogP contribution in [0.25, 0.3) is 0 Å². The molecule has 18 heavy (non-hydrogen) atoms. The van der Waals surface area contributed by atoms with Gasteiger partial charge in [0.05, 0.1) is 7.11 Å². The van der Waals surface area contributed by atoms with Gasteiger partial charge in [-0.1, -0.05) is 27.7 Å². The molecule has 0 aliphatic rings. The number of anilines is 1. The number of carbonyl (C=O) groups excluding carboxylic acids is 1. The SMILES string of the molecule is COc1cc(NC(C)=O)cc(C(C)C)c1C(C)C.[HH]. The zero-order valence-electron chi connectivity index (χ0n) is 12.1. The molecule has 0 aliphatic heterocycles. The van der Waals surface area contributed by atoms with Crippen molar-refractivity contribution in [2.45, 2.75) is 46.5 Å². The maximum absolute atomic E-state index is 11.2. The first-order valence-corrected chi connectivity index (χ1v) is 6.36. The normalized spacial score (nSPS) is 10.9. The fraction of sp³-hybridized carbons (Fsp3) is 0.533. The number of hydrogen-bond acceptors (Lipinski definition) is 2. The Bertz CT molecular complexity index is 442. The average Bonchev–Trinajstić information content (AvgIpc) is 2.26. The minimum Gasteiger partial charge on any atom is -0.496 e. The van der Waals surface area contributed by atoms with Gasteiger partial charge < -0.3 is 10.1 Å². The number of benzene rings is 1. The first-order valence-electron chi connectivity index (χ1n) is 6.36. The fourth-order valence-corrected chi connectivity index (χ4v) is 2.19. The molecule has 0 fully saturated rings. The van der Waals surface area contributed by atoms with Crippen molar-refractivity contribution in [3.05, 3.63) is 23.3 Å². The number of carbonyl (C=O) groups is 1. The molecule has 1 rings (SSSR count). The number of nitrogens with one attached hydrogen (secondary N) is 1. The van der Waals surface area contributed by atoms with Crippen LogP contribution in [0.2, 0.25) is 0 Å². The molecule has 1 aromatic rings. The second-order valence-electron chi connectivity index (χ2n) is 5.17. The lowest BCUT2D eigenvalue weighted by molar-refractivity contribution is -0.114. The summed E-state index contributed by atoms with van der Waals surface area (Å²) in [6.45, 7) is 10.1. The predicted molar refractivity (Wildman–Crippen MR) is 77.6 cm³/mol. The van der Waals surface area contributed by atoms with Crippen LogP contribution < -0.4 is 10.1 Å². The van der Waals surface area contributed by atoms with E-state index in [9.17, 15) is 4.79 Å². The first-order chi connectivity index (χ1) is 8.36. The Labute approximate surface area is 111 Å². The molecule has 3 nitrogen and oxygen atoms in total. The molecule has 0 saturated heterocycles. The van der Waals surface area contributed by atoms with Crippen LogP contribution in [-0.4, -0.2) is 13.0 Å². The van der Waals surface area contributed by atoms with Crippen molar-refractivity contribution in [2.24, 2.45) is 0 Å². The van der Waals surface area contributed by atoms with Crippen molar-refractivity contribution in [2.75, 3.05) is 12.4 Å². The van der Waals surface area contributed by atoms with Gasteiger partial charge in [0.25, 0.3) is 0 Å². The maximum atomic E-state index is 11.2. The van der Waals surface area contributed by atoms with E-state index in [0.29, 0.717) is 11.8 Å². The van der Waals surface area contributed by atoms with Crippen molar-refractivity contribution in [1.29, 1.82) is 0 Å². The van der Waals surface area contributed by atoms with Gasteiger partial charge in [-0.2, -0.15) is 0 Å². The van der Waals surface area contributed by atoms with Crippen LogP contribution in [-0.2, 0) is 4.79 Å². The zero-order chi connectivity index (χ0) is 13.9. The van der Waals surface area contributed by atoms with E-state index in [1.54, 1.807) is 7.11 Å². The highest BCUT2D eigenvalue weighted by atomic mass is 16.5.